The second-order valence-corrected chi connectivity index (χ2v) is 25.7. The molecule has 0 radical (unpaired) electrons. The van der Waals surface area contributed by atoms with Gasteiger partial charge in [0.15, 0.2) is 6.10 Å². The number of ether oxygens (including phenoxy) is 2. The van der Waals surface area contributed by atoms with Crippen LogP contribution in [0.3, 0.4) is 0 Å². The van der Waals surface area contributed by atoms with Crippen LogP contribution < -0.4 is 0 Å². The van der Waals surface area contributed by atoms with Crippen molar-refractivity contribution in [1.29, 1.82) is 0 Å². The highest BCUT2D eigenvalue weighted by molar-refractivity contribution is 5.70. The molecule has 1 unspecified atom stereocenters. The van der Waals surface area contributed by atoms with Gasteiger partial charge in [-0.1, -0.05) is 399 Å². The first kappa shape index (κ1) is 85.3. The lowest BCUT2D eigenvalue weighted by Gasteiger charge is -2.15. The van der Waals surface area contributed by atoms with Crippen molar-refractivity contribution in [2.45, 2.75) is 386 Å². The monoisotopic (exact) mass is 1240 g/mol. The van der Waals surface area contributed by atoms with Gasteiger partial charge in [0.25, 0.3) is 0 Å². The van der Waals surface area contributed by atoms with E-state index < -0.39 is 6.10 Å². The summed E-state index contributed by atoms with van der Waals surface area (Å²) in [6, 6.07) is 0. The second-order valence-electron chi connectivity index (χ2n) is 25.7. The molecule has 0 saturated carbocycles. The van der Waals surface area contributed by atoms with E-state index in [4.69, 9.17) is 9.47 Å². The molecule has 5 heteroatoms. The fourth-order valence-electron chi connectivity index (χ4n) is 11.3. The van der Waals surface area contributed by atoms with Crippen LogP contribution in [0.2, 0.25) is 0 Å². The molecule has 0 rings (SSSR count). The second kappa shape index (κ2) is 78.5. The maximum atomic E-state index is 12.4. The number of esters is 2. The third-order valence-electron chi connectivity index (χ3n) is 17.0. The summed E-state index contributed by atoms with van der Waals surface area (Å²) in [4.78, 5) is 24.7. The Kier molecular flexibility index (Phi) is 75.3. The highest BCUT2D eigenvalue weighted by Crippen LogP contribution is 2.19. The Labute approximate surface area is 553 Å². The summed E-state index contributed by atoms with van der Waals surface area (Å²) in [5.74, 6) is -0.590. The molecule has 512 valence electrons. The maximum Gasteiger partial charge on any atom is 0.306 e. The van der Waals surface area contributed by atoms with E-state index in [1.165, 1.54) is 244 Å². The number of hydrogen-bond acceptors (Lipinski definition) is 5. The predicted molar refractivity (Wildman–Crippen MR) is 394 cm³/mol. The van der Waals surface area contributed by atoms with Crippen LogP contribution in [0, 0.1) is 0 Å². The quantitative estimate of drug-likeness (QED) is 0.0373. The molecule has 0 aliphatic rings. The SMILES string of the molecule is CC/C=C\C/C=C\C/C=C\C/C=C\C/C=C\C/C=C\C/C=C\C/C=C\C/C=C\C/C=C\CCCCCCCCCCC(=O)OC(CO)COC(=O)CCCCCCCCCCCCCCCCCCCCCCCCCCCCCCCCCCCCCC. The third-order valence-corrected chi connectivity index (χ3v) is 17.0. The van der Waals surface area contributed by atoms with Crippen molar-refractivity contribution in [3.63, 3.8) is 0 Å². The zero-order valence-electron chi connectivity index (χ0n) is 58.9. The van der Waals surface area contributed by atoms with E-state index in [1.807, 2.05) is 0 Å². The van der Waals surface area contributed by atoms with Crippen LogP contribution >= 0.6 is 0 Å². The molecule has 0 aliphatic carbocycles. The van der Waals surface area contributed by atoms with E-state index in [2.05, 4.69) is 135 Å². The molecule has 0 fully saturated rings. The Hall–Kier alpha value is -3.70. The number of carbonyl (C=O) groups is 2. The minimum absolute atomic E-state index is 0.0712. The van der Waals surface area contributed by atoms with Gasteiger partial charge in [0, 0.05) is 12.8 Å². The summed E-state index contributed by atoms with van der Waals surface area (Å²) >= 11 is 0. The van der Waals surface area contributed by atoms with Crippen LogP contribution in [0.15, 0.2) is 122 Å². The highest BCUT2D eigenvalue weighted by Gasteiger charge is 2.16. The van der Waals surface area contributed by atoms with Crippen LogP contribution in [-0.2, 0) is 19.1 Å². The largest absolute Gasteiger partial charge is 0.462 e. The molecule has 1 N–H and O–H groups in total. The van der Waals surface area contributed by atoms with Crippen molar-refractivity contribution in [2.75, 3.05) is 13.2 Å². The van der Waals surface area contributed by atoms with E-state index in [0.717, 1.165) is 109 Å². The molecule has 0 aromatic rings. The summed E-state index contributed by atoms with van der Waals surface area (Å²) < 4.78 is 10.8. The van der Waals surface area contributed by atoms with Crippen LogP contribution in [0.5, 0.6) is 0 Å². The molecular formula is C84H146O5. The first-order chi connectivity index (χ1) is 44.1. The smallest absolute Gasteiger partial charge is 0.306 e. The van der Waals surface area contributed by atoms with Gasteiger partial charge in [-0.2, -0.15) is 0 Å². The lowest BCUT2D eigenvalue weighted by molar-refractivity contribution is -0.161. The Morgan fingerprint density at radius 1 is 0.270 bits per heavy atom. The molecule has 0 heterocycles. The number of allylic oxidation sites excluding steroid dienone is 20. The summed E-state index contributed by atoms with van der Waals surface area (Å²) in [5, 5.41) is 9.72. The molecule has 0 aromatic heterocycles. The molecule has 0 aliphatic heterocycles. The van der Waals surface area contributed by atoms with Crippen LogP contribution in [0.1, 0.15) is 380 Å². The van der Waals surface area contributed by atoms with Crippen molar-refractivity contribution in [2.24, 2.45) is 0 Å². The Bertz CT molecular complexity index is 1740. The number of aliphatic hydroxyl groups excluding tert-OH is 1. The van der Waals surface area contributed by atoms with Gasteiger partial charge < -0.3 is 14.6 Å². The van der Waals surface area contributed by atoms with Crippen molar-refractivity contribution in [1.82, 2.24) is 0 Å². The first-order valence-corrected chi connectivity index (χ1v) is 38.6. The fraction of sp³-hybridized carbons (Fsp3) is 0.738. The van der Waals surface area contributed by atoms with Crippen molar-refractivity contribution < 1.29 is 24.2 Å². The number of hydrogen-bond donors (Lipinski definition) is 1. The number of unbranched alkanes of at least 4 members (excludes halogenated alkanes) is 43. The standard InChI is InChI=1S/C84H146O5/c1-3-5-7-9-11-13-15-17-19-21-23-25-27-29-31-33-35-37-39-41-42-43-45-47-49-51-53-55-57-59-61-63-65-67-69-71-73-75-77-79-84(87)89-82(80-85)81-88-83(86)78-76-74-72-70-68-66-64-62-60-58-56-54-52-50-48-46-44-40-38-36-34-32-30-28-26-24-22-20-18-16-14-12-10-8-6-4-2/h5,7,11,13,17,19,23,25,29,31,35,37,41-42,45,47,51,53,57,59,82,85H,3-4,6,8-10,12,14-16,18,20-22,24,26-28,30,32-34,36,38-40,43-44,46,48-50,52,54-56,58,60-81H2,1-2H3/b7-5-,13-11-,19-17-,25-23-,31-29-,37-35-,42-41-,47-45-,53-51-,59-57-. The van der Waals surface area contributed by atoms with E-state index in [9.17, 15) is 14.7 Å². The fourth-order valence-corrected chi connectivity index (χ4v) is 11.3. The van der Waals surface area contributed by atoms with E-state index in [0.29, 0.717) is 12.8 Å². The summed E-state index contributed by atoms with van der Waals surface area (Å²) in [6.45, 7) is 4.06. The molecule has 0 bridgehead atoms. The number of aliphatic hydroxyl groups is 1. The molecule has 0 aromatic carbocycles. The highest BCUT2D eigenvalue weighted by atomic mass is 16.6. The van der Waals surface area contributed by atoms with Crippen LogP contribution in [0.4, 0.5) is 0 Å². The minimum Gasteiger partial charge on any atom is -0.462 e. The third kappa shape index (κ3) is 76.7. The Morgan fingerprint density at radius 2 is 0.483 bits per heavy atom. The summed E-state index contributed by atoms with van der Waals surface area (Å²) in [5.41, 5.74) is 0. The Balaban J connectivity index is 3.49. The molecule has 1 atom stereocenters. The van der Waals surface area contributed by atoms with E-state index in [1.54, 1.807) is 0 Å². The van der Waals surface area contributed by atoms with Crippen molar-refractivity contribution in [3.05, 3.63) is 122 Å². The van der Waals surface area contributed by atoms with E-state index in [-0.39, 0.29) is 25.2 Å². The molecule has 0 amide bonds. The van der Waals surface area contributed by atoms with Gasteiger partial charge in [-0.25, -0.2) is 0 Å². The maximum absolute atomic E-state index is 12.4. The van der Waals surface area contributed by atoms with Gasteiger partial charge in [-0.15, -0.1) is 0 Å². The zero-order chi connectivity index (χ0) is 64.0. The van der Waals surface area contributed by atoms with Gasteiger partial charge in [0.2, 0.25) is 0 Å². The predicted octanol–water partition coefficient (Wildman–Crippen LogP) is 27.3. The summed E-state index contributed by atoms with van der Waals surface area (Å²) in [6.07, 6.45) is 116. The molecule has 89 heavy (non-hydrogen) atoms. The number of carbonyl (C=O) groups excluding carboxylic acids is 2. The average Bonchev–Trinajstić information content (AvgIpc) is 3.55. The van der Waals surface area contributed by atoms with Gasteiger partial charge in [0.1, 0.15) is 6.61 Å². The Morgan fingerprint density at radius 3 is 0.730 bits per heavy atom. The summed E-state index contributed by atoms with van der Waals surface area (Å²) in [7, 11) is 0. The van der Waals surface area contributed by atoms with Gasteiger partial charge in [-0.3, -0.25) is 9.59 Å². The van der Waals surface area contributed by atoms with E-state index >= 15 is 0 Å². The molecule has 0 spiro atoms. The molecule has 0 saturated heterocycles. The van der Waals surface area contributed by atoms with Crippen LogP contribution in [0.25, 0.3) is 0 Å². The average molecular weight is 1240 g/mol. The number of rotatable bonds is 71. The van der Waals surface area contributed by atoms with Gasteiger partial charge in [-0.05, 0) is 89.9 Å². The molecule has 5 nitrogen and oxygen atoms in total. The minimum atomic E-state index is -0.785. The van der Waals surface area contributed by atoms with Gasteiger partial charge >= 0.3 is 11.9 Å². The van der Waals surface area contributed by atoms with Gasteiger partial charge in [0.05, 0.1) is 6.61 Å². The lowest BCUT2D eigenvalue weighted by atomic mass is 10.0. The van der Waals surface area contributed by atoms with Crippen molar-refractivity contribution in [3.8, 4) is 0 Å². The topological polar surface area (TPSA) is 72.8 Å². The zero-order valence-corrected chi connectivity index (χ0v) is 58.9. The van der Waals surface area contributed by atoms with Crippen molar-refractivity contribution >= 4 is 11.9 Å². The molecular weight excluding hydrogens is 1090 g/mol. The normalized spacial score (nSPS) is 12.9. The van der Waals surface area contributed by atoms with Crippen LogP contribution in [-0.4, -0.2) is 36.4 Å². The first-order valence-electron chi connectivity index (χ1n) is 38.6. The lowest BCUT2D eigenvalue weighted by Crippen LogP contribution is -2.28.